The van der Waals surface area contributed by atoms with Gasteiger partial charge in [-0.15, -0.1) is 0 Å². The van der Waals surface area contributed by atoms with Crippen molar-refractivity contribution in [3.05, 3.63) is 52.1 Å². The zero-order valence-corrected chi connectivity index (χ0v) is 13.4. The van der Waals surface area contributed by atoms with Crippen LogP contribution in [0.5, 0.6) is 5.75 Å². The molecule has 2 rings (SSSR count). The van der Waals surface area contributed by atoms with E-state index in [9.17, 15) is 9.59 Å². The van der Waals surface area contributed by atoms with E-state index in [2.05, 4.69) is 33.2 Å². The molecule has 6 heteroatoms. The Morgan fingerprint density at radius 2 is 1.29 bits per heavy atom. The van der Waals surface area contributed by atoms with E-state index in [1.54, 1.807) is 43.5 Å². The van der Waals surface area contributed by atoms with Crippen molar-refractivity contribution in [2.24, 2.45) is 0 Å². The van der Waals surface area contributed by atoms with E-state index in [0.29, 0.717) is 17.1 Å². The summed E-state index contributed by atoms with van der Waals surface area (Å²) >= 11 is 2.16. The number of hydrogen-bond donors (Lipinski definition) is 2. The van der Waals surface area contributed by atoms with E-state index in [4.69, 9.17) is 4.74 Å². The number of ether oxygens (including phenoxy) is 1. The zero-order chi connectivity index (χ0) is 15.2. The summed E-state index contributed by atoms with van der Waals surface area (Å²) in [5.41, 5.74) is 1.10. The molecular weight excluding hydrogens is 383 g/mol. The molecule has 0 unspecified atom stereocenters. The van der Waals surface area contributed by atoms with Gasteiger partial charge in [-0.3, -0.25) is 9.59 Å². The van der Waals surface area contributed by atoms with E-state index in [0.717, 1.165) is 3.57 Å². The van der Waals surface area contributed by atoms with Crippen LogP contribution in [0.4, 0.5) is 11.4 Å². The lowest BCUT2D eigenvalue weighted by Gasteiger charge is -2.07. The Hall–Kier alpha value is -2.09. The Bertz CT molecular complexity index is 639. The molecule has 0 aliphatic carbocycles. The standard InChI is InChI=1S/C15H13IN2O3/c1-21-13-8-6-12(7-9-13)18-15(20)14(19)17-11-4-2-10(16)3-5-11/h2-9H,1H3,(H,17,19)(H,18,20). The molecule has 0 bridgehead atoms. The molecule has 0 radical (unpaired) electrons. The number of halogens is 1. The van der Waals surface area contributed by atoms with Crippen molar-refractivity contribution in [1.29, 1.82) is 0 Å². The monoisotopic (exact) mass is 396 g/mol. The third-order valence-corrected chi connectivity index (χ3v) is 3.38. The number of nitrogens with one attached hydrogen (secondary N) is 2. The maximum atomic E-state index is 11.8. The molecular formula is C15H13IN2O3. The lowest BCUT2D eigenvalue weighted by Crippen LogP contribution is -2.29. The second-order valence-electron chi connectivity index (χ2n) is 4.14. The fourth-order valence-corrected chi connectivity index (χ4v) is 1.94. The highest BCUT2D eigenvalue weighted by atomic mass is 127. The highest BCUT2D eigenvalue weighted by Crippen LogP contribution is 2.15. The first-order chi connectivity index (χ1) is 10.1. The summed E-state index contributed by atoms with van der Waals surface area (Å²) in [5.74, 6) is -0.762. The van der Waals surface area contributed by atoms with Crippen molar-refractivity contribution >= 4 is 45.8 Å². The van der Waals surface area contributed by atoms with Crippen LogP contribution in [0, 0.1) is 3.57 Å². The summed E-state index contributed by atoms with van der Waals surface area (Å²) in [6, 6.07) is 13.9. The fraction of sp³-hybridized carbons (Fsp3) is 0.0667. The molecule has 108 valence electrons. The molecule has 2 aromatic carbocycles. The van der Waals surface area contributed by atoms with Crippen LogP contribution in [-0.4, -0.2) is 18.9 Å². The van der Waals surface area contributed by atoms with Crippen molar-refractivity contribution in [1.82, 2.24) is 0 Å². The van der Waals surface area contributed by atoms with Gasteiger partial charge in [-0.1, -0.05) is 0 Å². The SMILES string of the molecule is COc1ccc(NC(=O)C(=O)Nc2ccc(I)cc2)cc1. The van der Waals surface area contributed by atoms with Gasteiger partial charge in [0, 0.05) is 14.9 Å². The van der Waals surface area contributed by atoms with Crippen LogP contribution >= 0.6 is 22.6 Å². The maximum Gasteiger partial charge on any atom is 0.314 e. The molecule has 2 amide bonds. The van der Waals surface area contributed by atoms with Crippen LogP contribution in [-0.2, 0) is 9.59 Å². The maximum absolute atomic E-state index is 11.8. The fourth-order valence-electron chi connectivity index (χ4n) is 1.58. The lowest BCUT2D eigenvalue weighted by atomic mass is 10.3. The Morgan fingerprint density at radius 1 is 0.857 bits per heavy atom. The molecule has 0 heterocycles. The van der Waals surface area contributed by atoms with E-state index >= 15 is 0 Å². The van der Waals surface area contributed by atoms with E-state index in [1.165, 1.54) is 0 Å². The van der Waals surface area contributed by atoms with Crippen LogP contribution in [0.25, 0.3) is 0 Å². The average molecular weight is 396 g/mol. The van der Waals surface area contributed by atoms with Crippen LogP contribution < -0.4 is 15.4 Å². The smallest absolute Gasteiger partial charge is 0.314 e. The van der Waals surface area contributed by atoms with Gasteiger partial charge in [0.05, 0.1) is 7.11 Å². The lowest BCUT2D eigenvalue weighted by molar-refractivity contribution is -0.132. The van der Waals surface area contributed by atoms with Crippen molar-refractivity contribution in [3.63, 3.8) is 0 Å². The summed E-state index contributed by atoms with van der Waals surface area (Å²) in [7, 11) is 1.56. The third-order valence-electron chi connectivity index (χ3n) is 2.66. The number of amides is 2. The van der Waals surface area contributed by atoms with E-state index in [-0.39, 0.29) is 0 Å². The minimum Gasteiger partial charge on any atom is -0.497 e. The van der Waals surface area contributed by atoms with Crippen molar-refractivity contribution in [2.45, 2.75) is 0 Å². The van der Waals surface area contributed by atoms with Gasteiger partial charge in [-0.25, -0.2) is 0 Å². The second kappa shape index (κ2) is 7.07. The van der Waals surface area contributed by atoms with Gasteiger partial charge < -0.3 is 15.4 Å². The average Bonchev–Trinajstić information content (AvgIpc) is 2.50. The van der Waals surface area contributed by atoms with Crippen molar-refractivity contribution in [3.8, 4) is 5.75 Å². The zero-order valence-electron chi connectivity index (χ0n) is 11.2. The molecule has 0 atom stereocenters. The molecule has 2 aromatic rings. The first kappa shape index (κ1) is 15.3. The van der Waals surface area contributed by atoms with Gasteiger partial charge in [-0.2, -0.15) is 0 Å². The molecule has 0 aliphatic rings. The van der Waals surface area contributed by atoms with Crippen molar-refractivity contribution < 1.29 is 14.3 Å². The predicted molar refractivity (Wildman–Crippen MR) is 89.4 cm³/mol. The Kier molecular flexibility index (Phi) is 5.15. The molecule has 0 aromatic heterocycles. The molecule has 0 aliphatic heterocycles. The number of carbonyl (C=O) groups is 2. The normalized spacial score (nSPS) is 9.81. The Balaban J connectivity index is 1.95. The highest BCUT2D eigenvalue weighted by Gasteiger charge is 2.13. The molecule has 21 heavy (non-hydrogen) atoms. The Morgan fingerprint density at radius 3 is 1.71 bits per heavy atom. The summed E-state index contributed by atoms with van der Waals surface area (Å²) in [6.07, 6.45) is 0. The Labute approximate surface area is 135 Å². The van der Waals surface area contributed by atoms with Crippen LogP contribution in [0.3, 0.4) is 0 Å². The molecule has 0 saturated heterocycles. The van der Waals surface area contributed by atoms with Gasteiger partial charge in [0.15, 0.2) is 0 Å². The first-order valence-corrected chi connectivity index (χ1v) is 7.18. The number of hydrogen-bond acceptors (Lipinski definition) is 3. The number of carbonyl (C=O) groups excluding carboxylic acids is 2. The van der Waals surface area contributed by atoms with Gasteiger partial charge in [0.2, 0.25) is 0 Å². The summed E-state index contributed by atoms with van der Waals surface area (Å²) in [5, 5.41) is 5.05. The topological polar surface area (TPSA) is 67.4 Å². The van der Waals surface area contributed by atoms with Gasteiger partial charge in [0.25, 0.3) is 0 Å². The quantitative estimate of drug-likeness (QED) is 0.620. The van der Waals surface area contributed by atoms with E-state index in [1.807, 2.05) is 12.1 Å². The summed E-state index contributed by atoms with van der Waals surface area (Å²) < 4.78 is 6.07. The molecule has 2 N–H and O–H groups in total. The van der Waals surface area contributed by atoms with Crippen molar-refractivity contribution in [2.75, 3.05) is 17.7 Å². The summed E-state index contributed by atoms with van der Waals surface area (Å²) in [6.45, 7) is 0. The minimum atomic E-state index is -0.723. The molecule has 0 spiro atoms. The van der Waals surface area contributed by atoms with Gasteiger partial charge in [0.1, 0.15) is 5.75 Å². The van der Waals surface area contributed by atoms with Crippen LogP contribution in [0.15, 0.2) is 48.5 Å². The number of methoxy groups -OCH3 is 1. The molecule has 0 saturated carbocycles. The van der Waals surface area contributed by atoms with Crippen LogP contribution in [0.2, 0.25) is 0 Å². The van der Waals surface area contributed by atoms with Gasteiger partial charge >= 0.3 is 11.8 Å². The largest absolute Gasteiger partial charge is 0.497 e. The highest BCUT2D eigenvalue weighted by molar-refractivity contribution is 14.1. The third kappa shape index (κ3) is 4.45. The van der Waals surface area contributed by atoms with Crippen LogP contribution in [0.1, 0.15) is 0 Å². The minimum absolute atomic E-state index is 0.526. The molecule has 0 fully saturated rings. The predicted octanol–water partition coefficient (Wildman–Crippen LogP) is 2.88. The first-order valence-electron chi connectivity index (χ1n) is 6.10. The second-order valence-corrected chi connectivity index (χ2v) is 5.39. The number of rotatable bonds is 3. The van der Waals surface area contributed by atoms with Gasteiger partial charge in [-0.05, 0) is 71.1 Å². The number of benzene rings is 2. The number of anilines is 2. The van der Waals surface area contributed by atoms with E-state index < -0.39 is 11.8 Å². The summed E-state index contributed by atoms with van der Waals surface area (Å²) in [4.78, 5) is 23.6. The molecule has 5 nitrogen and oxygen atoms in total.